The Balaban J connectivity index is 2.79. The van der Waals surface area contributed by atoms with Crippen LogP contribution in [-0.2, 0) is 9.59 Å². The first-order valence-electron chi connectivity index (χ1n) is 7.67. The van der Waals surface area contributed by atoms with Crippen LogP contribution in [0.1, 0.15) is 54.4 Å². The Hall–Kier alpha value is -1.10. The van der Waals surface area contributed by atoms with E-state index in [0.29, 0.717) is 12.8 Å². The third kappa shape index (κ3) is 3.76. The molecule has 0 aromatic heterocycles. The molecule has 0 aromatic rings. The van der Waals surface area contributed by atoms with Crippen LogP contribution < -0.4 is 11.1 Å². The Morgan fingerprint density at radius 2 is 1.81 bits per heavy atom. The van der Waals surface area contributed by atoms with E-state index in [1.807, 2.05) is 41.5 Å². The molecule has 1 saturated carbocycles. The number of carboxylic acids is 1. The molecule has 4 atom stereocenters. The number of carboxylic acid groups (broad SMARTS) is 1. The van der Waals surface area contributed by atoms with Gasteiger partial charge in [0.05, 0.1) is 12.0 Å². The van der Waals surface area contributed by atoms with Gasteiger partial charge in [0.15, 0.2) is 0 Å². The van der Waals surface area contributed by atoms with Crippen LogP contribution in [0.25, 0.3) is 0 Å². The molecule has 3 unspecified atom stereocenters. The van der Waals surface area contributed by atoms with Crippen molar-refractivity contribution in [2.75, 3.05) is 0 Å². The maximum Gasteiger partial charge on any atom is 0.307 e. The number of hydrogen-bond acceptors (Lipinski definition) is 3. The summed E-state index contributed by atoms with van der Waals surface area (Å²) in [4.78, 5) is 23.7. The molecule has 5 heteroatoms. The highest BCUT2D eigenvalue weighted by Crippen LogP contribution is 2.45. The van der Waals surface area contributed by atoms with E-state index in [9.17, 15) is 14.7 Å². The summed E-state index contributed by atoms with van der Waals surface area (Å²) in [6.45, 7) is 11.8. The second kappa shape index (κ2) is 5.95. The summed E-state index contributed by atoms with van der Waals surface area (Å²) < 4.78 is 0. The smallest absolute Gasteiger partial charge is 0.307 e. The molecule has 0 aromatic carbocycles. The number of amides is 1. The van der Waals surface area contributed by atoms with E-state index in [4.69, 9.17) is 5.73 Å². The normalized spacial score (nSPS) is 30.5. The van der Waals surface area contributed by atoms with Crippen molar-refractivity contribution in [2.24, 2.45) is 28.4 Å². The number of nitrogens with two attached hydrogens (primary N) is 1. The highest BCUT2D eigenvalue weighted by atomic mass is 16.4. The summed E-state index contributed by atoms with van der Waals surface area (Å²) in [5.41, 5.74) is 5.35. The van der Waals surface area contributed by atoms with E-state index in [1.54, 1.807) is 0 Å². The van der Waals surface area contributed by atoms with Gasteiger partial charge in [0.2, 0.25) is 5.91 Å². The second-order valence-electron chi connectivity index (χ2n) is 8.04. The molecule has 0 saturated heterocycles. The minimum Gasteiger partial charge on any atom is -0.481 e. The van der Waals surface area contributed by atoms with Gasteiger partial charge in [-0.05, 0) is 29.6 Å². The molecule has 0 radical (unpaired) electrons. The lowest BCUT2D eigenvalue weighted by Gasteiger charge is -2.46. The van der Waals surface area contributed by atoms with Crippen molar-refractivity contribution in [1.82, 2.24) is 5.32 Å². The van der Waals surface area contributed by atoms with E-state index in [1.165, 1.54) is 0 Å². The summed E-state index contributed by atoms with van der Waals surface area (Å²) >= 11 is 0. The van der Waals surface area contributed by atoms with Gasteiger partial charge in [-0.2, -0.15) is 0 Å². The summed E-state index contributed by atoms with van der Waals surface area (Å²) in [7, 11) is 0. The predicted octanol–water partition coefficient (Wildman–Crippen LogP) is 2.00. The van der Waals surface area contributed by atoms with Crippen LogP contribution in [0.2, 0.25) is 0 Å². The minimum absolute atomic E-state index is 0.0171. The molecule has 1 amide bonds. The molecule has 1 aliphatic rings. The van der Waals surface area contributed by atoms with Gasteiger partial charge in [0.1, 0.15) is 0 Å². The summed E-state index contributed by atoms with van der Waals surface area (Å²) in [6, 6.07) is -0.582. The molecule has 1 aliphatic carbocycles. The largest absolute Gasteiger partial charge is 0.481 e. The van der Waals surface area contributed by atoms with Gasteiger partial charge < -0.3 is 16.2 Å². The molecule has 0 heterocycles. The van der Waals surface area contributed by atoms with E-state index < -0.39 is 12.0 Å². The molecule has 0 bridgehead atoms. The Morgan fingerprint density at radius 3 is 2.24 bits per heavy atom. The highest BCUT2D eigenvalue weighted by Gasteiger charge is 2.47. The molecule has 0 aliphatic heterocycles. The fourth-order valence-corrected chi connectivity index (χ4v) is 3.11. The van der Waals surface area contributed by atoms with Crippen molar-refractivity contribution in [3.05, 3.63) is 0 Å². The summed E-state index contributed by atoms with van der Waals surface area (Å²) in [6.07, 6.45) is 1.27. The van der Waals surface area contributed by atoms with Crippen LogP contribution >= 0.6 is 0 Å². The zero-order valence-corrected chi connectivity index (χ0v) is 14.1. The number of aliphatic carboxylic acids is 1. The zero-order valence-electron chi connectivity index (χ0n) is 14.1. The van der Waals surface area contributed by atoms with E-state index in [2.05, 4.69) is 5.32 Å². The number of nitrogens with one attached hydrogen (secondary N) is 1. The van der Waals surface area contributed by atoms with Crippen LogP contribution in [0, 0.1) is 22.7 Å². The molecule has 21 heavy (non-hydrogen) atoms. The molecular weight excluding hydrogens is 268 g/mol. The first-order chi connectivity index (χ1) is 9.39. The maximum absolute atomic E-state index is 12.3. The Morgan fingerprint density at radius 1 is 1.29 bits per heavy atom. The quantitative estimate of drug-likeness (QED) is 0.743. The van der Waals surface area contributed by atoms with Gasteiger partial charge in [-0.1, -0.05) is 41.5 Å². The van der Waals surface area contributed by atoms with Gasteiger partial charge >= 0.3 is 5.97 Å². The average Bonchev–Trinajstić information content (AvgIpc) is 2.32. The molecule has 4 N–H and O–H groups in total. The number of carbonyl (C=O) groups is 2. The number of hydrogen-bond donors (Lipinski definition) is 3. The molecule has 1 rings (SSSR count). The van der Waals surface area contributed by atoms with Gasteiger partial charge in [-0.15, -0.1) is 0 Å². The van der Waals surface area contributed by atoms with E-state index >= 15 is 0 Å². The average molecular weight is 298 g/mol. The van der Waals surface area contributed by atoms with Crippen molar-refractivity contribution in [2.45, 2.75) is 66.5 Å². The second-order valence-corrected chi connectivity index (χ2v) is 8.04. The molecule has 1 fully saturated rings. The van der Waals surface area contributed by atoms with E-state index in [-0.39, 0.29) is 34.6 Å². The predicted molar refractivity (Wildman–Crippen MR) is 82.7 cm³/mol. The van der Waals surface area contributed by atoms with Crippen LogP contribution in [0.3, 0.4) is 0 Å². The Labute approximate surface area is 127 Å². The lowest BCUT2D eigenvalue weighted by atomic mass is 9.61. The zero-order chi connectivity index (χ0) is 16.6. The summed E-state index contributed by atoms with van der Waals surface area (Å²) in [5, 5.41) is 12.4. The Bertz CT molecular complexity index is 412. The number of rotatable bonds is 3. The van der Waals surface area contributed by atoms with Crippen molar-refractivity contribution in [3.8, 4) is 0 Å². The van der Waals surface area contributed by atoms with Crippen molar-refractivity contribution in [1.29, 1.82) is 0 Å². The monoisotopic (exact) mass is 298 g/mol. The SMILES string of the molecule is CC1C(NC(=O)[C@@H](N)C(C)(C)C)CCC(C(=O)O)C1(C)C. The van der Waals surface area contributed by atoms with Crippen LogP contribution in [0.15, 0.2) is 0 Å². The van der Waals surface area contributed by atoms with Crippen molar-refractivity contribution >= 4 is 11.9 Å². The standard InChI is InChI=1S/C16H30N2O3/c1-9-11(18-13(19)12(17)15(2,3)4)8-7-10(14(20)21)16(9,5)6/h9-12H,7-8,17H2,1-6H3,(H,18,19)(H,20,21)/t9?,10?,11?,12-/m1/s1. The third-order valence-corrected chi connectivity index (χ3v) is 5.28. The lowest BCUT2D eigenvalue weighted by molar-refractivity contribution is -0.150. The van der Waals surface area contributed by atoms with Gasteiger partial charge in [-0.3, -0.25) is 9.59 Å². The molecule has 0 spiro atoms. The number of carbonyl (C=O) groups excluding carboxylic acids is 1. The van der Waals surface area contributed by atoms with Gasteiger partial charge in [0, 0.05) is 6.04 Å². The third-order valence-electron chi connectivity index (χ3n) is 5.28. The topological polar surface area (TPSA) is 92.4 Å². The first-order valence-corrected chi connectivity index (χ1v) is 7.67. The highest BCUT2D eigenvalue weighted by molar-refractivity contribution is 5.82. The van der Waals surface area contributed by atoms with Gasteiger partial charge in [-0.25, -0.2) is 0 Å². The van der Waals surface area contributed by atoms with Crippen LogP contribution in [0.4, 0.5) is 0 Å². The maximum atomic E-state index is 12.3. The van der Waals surface area contributed by atoms with E-state index in [0.717, 1.165) is 0 Å². The minimum atomic E-state index is -0.747. The first kappa shape index (κ1) is 18.0. The fourth-order valence-electron chi connectivity index (χ4n) is 3.11. The van der Waals surface area contributed by atoms with Crippen molar-refractivity contribution in [3.63, 3.8) is 0 Å². The molecular formula is C16H30N2O3. The van der Waals surface area contributed by atoms with Crippen LogP contribution in [-0.4, -0.2) is 29.1 Å². The lowest BCUT2D eigenvalue weighted by Crippen LogP contribution is -2.57. The Kier molecular flexibility index (Phi) is 5.09. The fraction of sp³-hybridized carbons (Fsp3) is 0.875. The molecule has 122 valence electrons. The van der Waals surface area contributed by atoms with Crippen LogP contribution in [0.5, 0.6) is 0 Å². The summed E-state index contributed by atoms with van der Waals surface area (Å²) in [5.74, 6) is -1.17. The van der Waals surface area contributed by atoms with Crippen molar-refractivity contribution < 1.29 is 14.7 Å². The van der Waals surface area contributed by atoms with Gasteiger partial charge in [0.25, 0.3) is 0 Å². The molecule has 5 nitrogen and oxygen atoms in total.